The predicted octanol–water partition coefficient (Wildman–Crippen LogP) is 2.22. The van der Waals surface area contributed by atoms with Gasteiger partial charge >= 0.3 is 0 Å². The molecule has 2 rings (SSSR count). The highest BCUT2D eigenvalue weighted by Gasteiger charge is 2.34. The maximum atomic E-state index is 14.5. The molecule has 8 nitrogen and oxygen atoms in total. The van der Waals surface area contributed by atoms with Crippen molar-refractivity contribution in [2.45, 2.75) is 64.4 Å². The topological polar surface area (TPSA) is 99.5 Å². The first kappa shape index (κ1) is 29.1. The molecule has 198 valence electrons. The van der Waals surface area contributed by atoms with Crippen molar-refractivity contribution in [3.8, 4) is 0 Å². The number of aliphatic hydroxyl groups is 2. The third kappa shape index (κ3) is 8.20. The highest BCUT2D eigenvalue weighted by Crippen LogP contribution is 2.22. The lowest BCUT2D eigenvalue weighted by Gasteiger charge is -2.38. The Kier molecular flexibility index (Phi) is 11.5. The molecule has 1 heterocycles. The van der Waals surface area contributed by atoms with Gasteiger partial charge in [0, 0.05) is 46.3 Å². The van der Waals surface area contributed by atoms with Crippen LogP contribution in [0.2, 0.25) is 0 Å². The highest BCUT2D eigenvalue weighted by molar-refractivity contribution is 5.95. The standard InChI is InChI=1S/C25H38F2N2O6/c1-16(2)12-18-13-28(17(3)30)14-22(34-4)24(32)21(31)15-35-11-6-5-10-29(18)25(33)23-19(26)8-7-9-20(23)27/h7-9,16,18,21-22,24,31-32H,5-6,10-15H2,1-4H3/t18-,21-,22-,24-/m1/s1. The van der Waals surface area contributed by atoms with E-state index in [1.165, 1.54) is 29.9 Å². The number of rotatable bonds is 4. The molecule has 1 aromatic rings. The smallest absolute Gasteiger partial charge is 0.260 e. The quantitative estimate of drug-likeness (QED) is 0.658. The summed E-state index contributed by atoms with van der Waals surface area (Å²) < 4.78 is 39.9. The van der Waals surface area contributed by atoms with Gasteiger partial charge in [0.2, 0.25) is 5.91 Å². The van der Waals surface area contributed by atoms with E-state index in [4.69, 9.17) is 9.47 Å². The number of benzene rings is 1. The molecule has 1 aromatic carbocycles. The molecule has 35 heavy (non-hydrogen) atoms. The van der Waals surface area contributed by atoms with Gasteiger partial charge in [-0.2, -0.15) is 0 Å². The van der Waals surface area contributed by atoms with Crippen LogP contribution in [0.25, 0.3) is 0 Å². The molecule has 1 aliphatic heterocycles. The summed E-state index contributed by atoms with van der Waals surface area (Å²) in [6.07, 6.45) is -1.94. The Morgan fingerprint density at radius 3 is 2.40 bits per heavy atom. The zero-order valence-corrected chi connectivity index (χ0v) is 21.0. The molecule has 1 aliphatic rings. The number of amides is 2. The van der Waals surface area contributed by atoms with E-state index in [-0.39, 0.29) is 44.7 Å². The molecule has 0 saturated carbocycles. The number of ether oxygens (including phenoxy) is 2. The summed E-state index contributed by atoms with van der Waals surface area (Å²) in [5.74, 6) is -2.87. The van der Waals surface area contributed by atoms with Gasteiger partial charge in [-0.1, -0.05) is 19.9 Å². The van der Waals surface area contributed by atoms with Crippen molar-refractivity contribution in [2.75, 3.05) is 40.0 Å². The minimum atomic E-state index is -1.31. The largest absolute Gasteiger partial charge is 0.388 e. The fourth-order valence-electron chi connectivity index (χ4n) is 4.30. The molecule has 1 fully saturated rings. The van der Waals surface area contributed by atoms with E-state index in [1.807, 2.05) is 13.8 Å². The second kappa shape index (κ2) is 13.8. The van der Waals surface area contributed by atoms with Crippen LogP contribution >= 0.6 is 0 Å². The van der Waals surface area contributed by atoms with Crippen LogP contribution in [-0.2, 0) is 14.3 Å². The van der Waals surface area contributed by atoms with Crippen molar-refractivity contribution in [2.24, 2.45) is 5.92 Å². The normalized spacial score (nSPS) is 25.4. The predicted molar refractivity (Wildman–Crippen MR) is 126 cm³/mol. The second-order valence-corrected chi connectivity index (χ2v) is 9.42. The molecule has 2 amide bonds. The Morgan fingerprint density at radius 2 is 1.83 bits per heavy atom. The van der Waals surface area contributed by atoms with Crippen molar-refractivity contribution in [3.63, 3.8) is 0 Å². The number of halogens is 2. The molecule has 10 heteroatoms. The molecule has 0 unspecified atom stereocenters. The van der Waals surface area contributed by atoms with Gasteiger partial charge in [-0.15, -0.1) is 0 Å². The third-order valence-corrected chi connectivity index (χ3v) is 6.20. The third-order valence-electron chi connectivity index (χ3n) is 6.20. The second-order valence-electron chi connectivity index (χ2n) is 9.42. The van der Waals surface area contributed by atoms with E-state index in [0.29, 0.717) is 19.3 Å². The van der Waals surface area contributed by atoms with E-state index in [9.17, 15) is 28.6 Å². The van der Waals surface area contributed by atoms with Gasteiger partial charge in [-0.25, -0.2) is 8.78 Å². The van der Waals surface area contributed by atoms with Gasteiger partial charge < -0.3 is 29.5 Å². The number of hydrogen-bond acceptors (Lipinski definition) is 6. The average molecular weight is 501 g/mol. The number of carbonyl (C=O) groups excluding carboxylic acids is 2. The molecular formula is C25H38F2N2O6. The first-order chi connectivity index (χ1) is 16.6. The number of hydrogen-bond donors (Lipinski definition) is 2. The Bertz CT molecular complexity index is 820. The van der Waals surface area contributed by atoms with Crippen LogP contribution in [0, 0.1) is 17.6 Å². The number of carbonyl (C=O) groups is 2. The van der Waals surface area contributed by atoms with Crippen molar-refractivity contribution in [1.82, 2.24) is 9.80 Å². The van der Waals surface area contributed by atoms with Crippen molar-refractivity contribution in [1.29, 1.82) is 0 Å². The monoisotopic (exact) mass is 500 g/mol. The summed E-state index contributed by atoms with van der Waals surface area (Å²) in [6.45, 7) is 5.66. The maximum Gasteiger partial charge on any atom is 0.260 e. The Balaban J connectivity index is 2.47. The van der Waals surface area contributed by atoms with E-state index in [2.05, 4.69) is 0 Å². The van der Waals surface area contributed by atoms with Crippen molar-refractivity contribution < 1.29 is 38.1 Å². The lowest BCUT2D eigenvalue weighted by atomic mass is 9.99. The molecule has 2 N–H and O–H groups in total. The van der Waals surface area contributed by atoms with Crippen LogP contribution in [0.4, 0.5) is 8.78 Å². The number of nitrogens with zero attached hydrogens (tertiary/aromatic N) is 2. The zero-order valence-electron chi connectivity index (χ0n) is 21.0. The van der Waals surface area contributed by atoms with Crippen LogP contribution in [0.1, 0.15) is 50.4 Å². The Labute approximate surface area is 205 Å². The molecule has 0 aliphatic carbocycles. The van der Waals surface area contributed by atoms with Gasteiger partial charge in [0.25, 0.3) is 5.91 Å². The van der Waals surface area contributed by atoms with Crippen LogP contribution in [-0.4, -0.2) is 96.1 Å². The number of methoxy groups -OCH3 is 1. The van der Waals surface area contributed by atoms with Crippen LogP contribution in [0.15, 0.2) is 18.2 Å². The van der Waals surface area contributed by atoms with Gasteiger partial charge in [0.1, 0.15) is 35.5 Å². The maximum absolute atomic E-state index is 14.5. The summed E-state index contributed by atoms with van der Waals surface area (Å²) in [5, 5.41) is 20.9. The lowest BCUT2D eigenvalue weighted by molar-refractivity contribution is -0.137. The van der Waals surface area contributed by atoms with E-state index < -0.39 is 47.5 Å². The first-order valence-electron chi connectivity index (χ1n) is 12.0. The van der Waals surface area contributed by atoms with Gasteiger partial charge in [-0.05, 0) is 37.3 Å². The highest BCUT2D eigenvalue weighted by atomic mass is 19.1. The van der Waals surface area contributed by atoms with Gasteiger partial charge in [-0.3, -0.25) is 9.59 Å². The lowest BCUT2D eigenvalue weighted by Crippen LogP contribution is -2.53. The Hall–Kier alpha value is -2.14. The molecule has 0 radical (unpaired) electrons. The molecule has 0 bridgehead atoms. The summed E-state index contributed by atoms with van der Waals surface area (Å²) in [4.78, 5) is 28.9. The van der Waals surface area contributed by atoms with Crippen molar-refractivity contribution >= 4 is 11.8 Å². The summed E-state index contributed by atoms with van der Waals surface area (Å²) in [5.41, 5.74) is -0.624. The van der Waals surface area contributed by atoms with Gasteiger partial charge in [0.15, 0.2) is 0 Å². The fraction of sp³-hybridized carbons (Fsp3) is 0.680. The molecule has 0 aromatic heterocycles. The summed E-state index contributed by atoms with van der Waals surface area (Å²) in [7, 11) is 1.37. The SMILES string of the molecule is CO[C@@H]1CN(C(C)=O)C[C@@H](CC(C)C)N(C(=O)c2c(F)cccc2F)CCCCOC[C@@H](O)[C@H]1O. The van der Waals surface area contributed by atoms with E-state index >= 15 is 0 Å². The zero-order chi connectivity index (χ0) is 26.1. The van der Waals surface area contributed by atoms with Crippen LogP contribution in [0.3, 0.4) is 0 Å². The number of aliphatic hydroxyl groups excluding tert-OH is 2. The van der Waals surface area contributed by atoms with Gasteiger partial charge in [0.05, 0.1) is 6.61 Å². The minimum Gasteiger partial charge on any atom is -0.388 e. The molecule has 0 spiro atoms. The molecular weight excluding hydrogens is 462 g/mol. The van der Waals surface area contributed by atoms with Crippen LogP contribution < -0.4 is 0 Å². The fourth-order valence-corrected chi connectivity index (χ4v) is 4.30. The summed E-state index contributed by atoms with van der Waals surface area (Å²) in [6, 6.07) is 2.75. The minimum absolute atomic E-state index is 0.0469. The Morgan fingerprint density at radius 1 is 1.17 bits per heavy atom. The first-order valence-corrected chi connectivity index (χ1v) is 12.0. The molecule has 4 atom stereocenters. The van der Waals surface area contributed by atoms with Crippen LogP contribution in [0.5, 0.6) is 0 Å². The molecule has 1 saturated heterocycles. The average Bonchev–Trinajstić information content (AvgIpc) is 2.78. The van der Waals surface area contributed by atoms with E-state index in [0.717, 1.165) is 12.1 Å². The van der Waals surface area contributed by atoms with Crippen molar-refractivity contribution in [3.05, 3.63) is 35.4 Å². The van der Waals surface area contributed by atoms with E-state index in [1.54, 1.807) is 0 Å². The summed E-state index contributed by atoms with van der Waals surface area (Å²) >= 11 is 0.